The molecule has 0 radical (unpaired) electrons. The average Bonchev–Trinajstić information content (AvgIpc) is 2.87. The molecule has 11 nitrogen and oxygen atoms in total. The van der Waals surface area contributed by atoms with Gasteiger partial charge in [-0.2, -0.15) is 0 Å². The van der Waals surface area contributed by atoms with Gasteiger partial charge in [-0.25, -0.2) is 4.79 Å². The van der Waals surface area contributed by atoms with E-state index in [-0.39, 0.29) is 12.1 Å². The number of nitrogens with zero attached hydrogens (tertiary/aromatic N) is 2. The molecule has 1 fully saturated rings. The standard InChI is InChI=1S/C16H21N3O8/c1-8(20)24-7-11-13(25-9(2)21)14(26-10(3)22)15(27-11)19-6-5-12(17)18(4)16(19)23/h5-6,11,13-15,17H,7H2,1-4H3/t11-,13-,14-,15-/m1/s1. The maximum Gasteiger partial charge on any atom is 0.331 e. The molecule has 27 heavy (non-hydrogen) atoms. The fourth-order valence-corrected chi connectivity index (χ4v) is 2.71. The molecule has 11 heteroatoms. The highest BCUT2D eigenvalue weighted by molar-refractivity contribution is 5.67. The topological polar surface area (TPSA) is 139 Å². The van der Waals surface area contributed by atoms with Crippen LogP contribution in [-0.2, 0) is 40.4 Å². The van der Waals surface area contributed by atoms with Gasteiger partial charge in [0.15, 0.2) is 18.4 Å². The molecule has 1 aromatic heterocycles. The van der Waals surface area contributed by atoms with E-state index in [0.29, 0.717) is 0 Å². The monoisotopic (exact) mass is 383 g/mol. The Bertz CT molecular complexity index is 858. The number of ether oxygens (including phenoxy) is 4. The van der Waals surface area contributed by atoms with Crippen LogP contribution >= 0.6 is 0 Å². The molecule has 1 saturated heterocycles. The minimum Gasteiger partial charge on any atom is -0.463 e. The molecular weight excluding hydrogens is 362 g/mol. The van der Waals surface area contributed by atoms with Crippen molar-refractivity contribution in [3.05, 3.63) is 28.2 Å². The first-order chi connectivity index (χ1) is 12.6. The van der Waals surface area contributed by atoms with Gasteiger partial charge in [0.25, 0.3) is 0 Å². The van der Waals surface area contributed by atoms with Gasteiger partial charge >= 0.3 is 23.6 Å². The molecular formula is C16H21N3O8. The van der Waals surface area contributed by atoms with Crippen molar-refractivity contribution in [1.29, 1.82) is 5.41 Å². The lowest BCUT2D eigenvalue weighted by Crippen LogP contribution is -2.44. The Morgan fingerprint density at radius 3 is 2.26 bits per heavy atom. The van der Waals surface area contributed by atoms with Gasteiger partial charge in [0, 0.05) is 34.0 Å². The van der Waals surface area contributed by atoms with E-state index in [1.807, 2.05) is 0 Å². The lowest BCUT2D eigenvalue weighted by molar-refractivity contribution is -0.166. The Labute approximate surface area is 153 Å². The second-order valence-electron chi connectivity index (χ2n) is 5.97. The van der Waals surface area contributed by atoms with Crippen molar-refractivity contribution in [1.82, 2.24) is 9.13 Å². The predicted molar refractivity (Wildman–Crippen MR) is 87.2 cm³/mol. The van der Waals surface area contributed by atoms with Crippen molar-refractivity contribution in [2.45, 2.75) is 45.3 Å². The molecule has 0 saturated carbocycles. The molecule has 4 atom stereocenters. The van der Waals surface area contributed by atoms with E-state index >= 15 is 0 Å². The molecule has 0 unspecified atom stereocenters. The Hall–Kier alpha value is -2.95. The van der Waals surface area contributed by atoms with Gasteiger partial charge < -0.3 is 18.9 Å². The third-order valence-electron chi connectivity index (χ3n) is 3.88. The average molecular weight is 383 g/mol. The van der Waals surface area contributed by atoms with Gasteiger partial charge in [0.05, 0.1) is 0 Å². The lowest BCUT2D eigenvalue weighted by atomic mass is 10.1. The number of carbonyl (C=O) groups is 3. The summed E-state index contributed by atoms with van der Waals surface area (Å²) < 4.78 is 23.4. The number of hydrogen-bond donors (Lipinski definition) is 1. The Balaban J connectivity index is 2.47. The summed E-state index contributed by atoms with van der Waals surface area (Å²) in [6.45, 7) is 3.27. The lowest BCUT2D eigenvalue weighted by Gasteiger charge is -2.24. The van der Waals surface area contributed by atoms with Crippen molar-refractivity contribution in [3.8, 4) is 0 Å². The van der Waals surface area contributed by atoms with Crippen molar-refractivity contribution < 1.29 is 33.3 Å². The summed E-state index contributed by atoms with van der Waals surface area (Å²) >= 11 is 0. The minimum absolute atomic E-state index is 0.0358. The number of aromatic nitrogens is 2. The molecule has 0 spiro atoms. The van der Waals surface area contributed by atoms with Crippen LogP contribution in [0.25, 0.3) is 0 Å². The highest BCUT2D eigenvalue weighted by atomic mass is 16.7. The molecule has 1 aromatic rings. The molecule has 0 aromatic carbocycles. The number of esters is 3. The van der Waals surface area contributed by atoms with Gasteiger partial charge in [-0.15, -0.1) is 0 Å². The van der Waals surface area contributed by atoms with E-state index in [9.17, 15) is 19.2 Å². The third-order valence-corrected chi connectivity index (χ3v) is 3.88. The molecule has 2 heterocycles. The van der Waals surface area contributed by atoms with Crippen LogP contribution < -0.4 is 11.2 Å². The Morgan fingerprint density at radius 2 is 1.70 bits per heavy atom. The molecule has 1 aliphatic heterocycles. The first kappa shape index (κ1) is 20.4. The van der Waals surface area contributed by atoms with Gasteiger partial charge in [-0.3, -0.25) is 28.9 Å². The van der Waals surface area contributed by atoms with Crippen LogP contribution in [0.15, 0.2) is 17.1 Å². The zero-order valence-electron chi connectivity index (χ0n) is 15.3. The van der Waals surface area contributed by atoms with Crippen LogP contribution in [0.3, 0.4) is 0 Å². The number of nitrogens with one attached hydrogen (secondary N) is 1. The summed E-state index contributed by atoms with van der Waals surface area (Å²) in [6, 6.07) is 1.36. The fraction of sp³-hybridized carbons (Fsp3) is 0.562. The molecule has 2 rings (SSSR count). The smallest absolute Gasteiger partial charge is 0.331 e. The van der Waals surface area contributed by atoms with Crippen LogP contribution in [0.5, 0.6) is 0 Å². The quantitative estimate of drug-likeness (QED) is 0.504. The van der Waals surface area contributed by atoms with Crippen molar-refractivity contribution >= 4 is 17.9 Å². The van der Waals surface area contributed by atoms with E-state index in [1.165, 1.54) is 33.2 Å². The van der Waals surface area contributed by atoms with Gasteiger partial charge in [-0.1, -0.05) is 0 Å². The summed E-state index contributed by atoms with van der Waals surface area (Å²) in [5.74, 6) is -1.91. The van der Waals surface area contributed by atoms with E-state index in [1.54, 1.807) is 0 Å². The number of rotatable bonds is 5. The SMILES string of the molecule is CC(=O)OC[C@H]1O[C@@H](n2ccc(=N)n(C)c2=O)[C@H](OC(C)=O)[C@@H]1OC(C)=O. The Kier molecular flexibility index (Phi) is 6.16. The van der Waals surface area contributed by atoms with Crippen LogP contribution in [-0.4, -0.2) is 52.0 Å². The maximum atomic E-state index is 12.5. The number of hydrogen-bond acceptors (Lipinski definition) is 9. The molecule has 0 bridgehead atoms. The highest BCUT2D eigenvalue weighted by Crippen LogP contribution is 2.33. The molecule has 1 aliphatic rings. The zero-order valence-corrected chi connectivity index (χ0v) is 15.3. The van der Waals surface area contributed by atoms with Gasteiger partial charge in [0.1, 0.15) is 18.2 Å². The third kappa shape index (κ3) is 4.61. The first-order valence-electron chi connectivity index (χ1n) is 8.08. The summed E-state index contributed by atoms with van der Waals surface area (Å²) in [4.78, 5) is 46.7. The maximum absolute atomic E-state index is 12.5. The van der Waals surface area contributed by atoms with Crippen molar-refractivity contribution in [3.63, 3.8) is 0 Å². The largest absolute Gasteiger partial charge is 0.463 e. The summed E-state index contributed by atoms with van der Waals surface area (Å²) in [6.07, 6.45) is -3.03. The van der Waals surface area contributed by atoms with Crippen molar-refractivity contribution in [2.75, 3.05) is 6.61 Å². The van der Waals surface area contributed by atoms with Gasteiger partial charge in [0.2, 0.25) is 0 Å². The first-order valence-corrected chi connectivity index (χ1v) is 8.08. The minimum atomic E-state index is -1.15. The molecule has 1 N–H and O–H groups in total. The summed E-state index contributed by atoms with van der Waals surface area (Å²) in [7, 11) is 1.40. The summed E-state index contributed by atoms with van der Waals surface area (Å²) in [5.41, 5.74) is -0.634. The molecule has 148 valence electrons. The second kappa shape index (κ2) is 8.16. The zero-order chi connectivity index (χ0) is 20.3. The van der Waals surface area contributed by atoms with Crippen LogP contribution in [0, 0.1) is 5.41 Å². The molecule has 0 aliphatic carbocycles. The van der Waals surface area contributed by atoms with E-state index in [2.05, 4.69) is 0 Å². The van der Waals surface area contributed by atoms with Crippen LogP contribution in [0.2, 0.25) is 0 Å². The highest BCUT2D eigenvalue weighted by Gasteiger charge is 2.50. The van der Waals surface area contributed by atoms with Crippen LogP contribution in [0.4, 0.5) is 0 Å². The van der Waals surface area contributed by atoms with Crippen molar-refractivity contribution in [2.24, 2.45) is 7.05 Å². The summed E-state index contributed by atoms with van der Waals surface area (Å²) in [5, 5.41) is 7.67. The van der Waals surface area contributed by atoms with E-state index < -0.39 is 48.1 Å². The van der Waals surface area contributed by atoms with E-state index in [0.717, 1.165) is 16.1 Å². The van der Waals surface area contributed by atoms with E-state index in [4.69, 9.17) is 24.4 Å². The number of carbonyl (C=O) groups excluding carboxylic acids is 3. The second-order valence-corrected chi connectivity index (χ2v) is 5.97. The molecule has 0 amide bonds. The van der Waals surface area contributed by atoms with Gasteiger partial charge in [-0.05, 0) is 6.07 Å². The normalized spacial score (nSPS) is 24.3. The predicted octanol–water partition coefficient (Wildman–Crippen LogP) is -1.01. The fourth-order valence-electron chi connectivity index (χ4n) is 2.71. The Morgan fingerprint density at radius 1 is 1.11 bits per heavy atom. The van der Waals surface area contributed by atoms with Crippen LogP contribution in [0.1, 0.15) is 27.0 Å².